The SMILES string of the molecule is COc1cccc(OC)c1OCC(O)C1CCCC1. The maximum atomic E-state index is 10.1. The van der Waals surface area contributed by atoms with E-state index in [1.54, 1.807) is 14.2 Å². The summed E-state index contributed by atoms with van der Waals surface area (Å²) < 4.78 is 16.2. The summed E-state index contributed by atoms with van der Waals surface area (Å²) in [6.45, 7) is 0.279. The average molecular weight is 266 g/mol. The summed E-state index contributed by atoms with van der Waals surface area (Å²) in [4.78, 5) is 0. The lowest BCUT2D eigenvalue weighted by Crippen LogP contribution is -2.25. The first kappa shape index (κ1) is 14.0. The molecule has 4 heteroatoms. The van der Waals surface area contributed by atoms with Crippen LogP contribution >= 0.6 is 0 Å². The van der Waals surface area contributed by atoms with Crippen molar-refractivity contribution in [2.24, 2.45) is 5.92 Å². The first-order chi connectivity index (χ1) is 9.26. The molecule has 0 aliphatic heterocycles. The largest absolute Gasteiger partial charge is 0.493 e. The summed E-state index contributed by atoms with van der Waals surface area (Å²) in [6, 6.07) is 5.48. The Morgan fingerprint density at radius 3 is 2.26 bits per heavy atom. The van der Waals surface area contributed by atoms with E-state index in [0.717, 1.165) is 12.8 Å². The van der Waals surface area contributed by atoms with Gasteiger partial charge in [0.25, 0.3) is 0 Å². The number of rotatable bonds is 6. The van der Waals surface area contributed by atoms with Crippen molar-refractivity contribution in [3.63, 3.8) is 0 Å². The quantitative estimate of drug-likeness (QED) is 0.860. The third-order valence-electron chi connectivity index (χ3n) is 3.73. The standard InChI is InChI=1S/C15H22O4/c1-17-13-8-5-9-14(18-2)15(13)19-10-12(16)11-6-3-4-7-11/h5,8-9,11-12,16H,3-4,6-7,10H2,1-2H3. The molecule has 1 aliphatic rings. The fourth-order valence-electron chi connectivity index (χ4n) is 2.61. The molecule has 1 atom stereocenters. The number of aliphatic hydroxyl groups excluding tert-OH is 1. The monoisotopic (exact) mass is 266 g/mol. The minimum absolute atomic E-state index is 0.279. The lowest BCUT2D eigenvalue weighted by atomic mass is 10.0. The van der Waals surface area contributed by atoms with Crippen LogP contribution < -0.4 is 14.2 Å². The van der Waals surface area contributed by atoms with Gasteiger partial charge in [-0.05, 0) is 30.9 Å². The number of aliphatic hydroxyl groups is 1. The Balaban J connectivity index is 2.01. The smallest absolute Gasteiger partial charge is 0.203 e. The average Bonchev–Trinajstić information content (AvgIpc) is 2.98. The number of ether oxygens (including phenoxy) is 3. The Morgan fingerprint density at radius 2 is 1.74 bits per heavy atom. The fraction of sp³-hybridized carbons (Fsp3) is 0.600. The van der Waals surface area contributed by atoms with Crippen molar-refractivity contribution < 1.29 is 19.3 Å². The van der Waals surface area contributed by atoms with Crippen molar-refractivity contribution in [1.82, 2.24) is 0 Å². The number of para-hydroxylation sites is 1. The predicted octanol–water partition coefficient (Wildman–Crippen LogP) is 2.63. The minimum Gasteiger partial charge on any atom is -0.493 e. The molecule has 1 saturated carbocycles. The van der Waals surface area contributed by atoms with Gasteiger partial charge in [-0.1, -0.05) is 18.9 Å². The number of hydrogen-bond donors (Lipinski definition) is 1. The molecule has 0 amide bonds. The molecular formula is C15H22O4. The van der Waals surface area contributed by atoms with E-state index >= 15 is 0 Å². The van der Waals surface area contributed by atoms with Gasteiger partial charge in [0.15, 0.2) is 11.5 Å². The zero-order chi connectivity index (χ0) is 13.7. The highest BCUT2D eigenvalue weighted by atomic mass is 16.5. The topological polar surface area (TPSA) is 47.9 Å². The van der Waals surface area contributed by atoms with Crippen molar-refractivity contribution in [3.05, 3.63) is 18.2 Å². The van der Waals surface area contributed by atoms with Crippen LogP contribution in [0.1, 0.15) is 25.7 Å². The molecule has 1 fully saturated rings. The molecule has 1 N–H and O–H groups in total. The summed E-state index contributed by atoms with van der Waals surface area (Å²) in [5.41, 5.74) is 0. The van der Waals surface area contributed by atoms with E-state index in [2.05, 4.69) is 0 Å². The van der Waals surface area contributed by atoms with E-state index in [1.165, 1.54) is 12.8 Å². The van der Waals surface area contributed by atoms with Crippen LogP contribution in [0.5, 0.6) is 17.2 Å². The molecule has 0 bridgehead atoms. The molecule has 2 rings (SSSR count). The lowest BCUT2D eigenvalue weighted by molar-refractivity contribution is 0.0572. The van der Waals surface area contributed by atoms with Crippen LogP contribution in [0.25, 0.3) is 0 Å². The molecule has 0 radical (unpaired) electrons. The van der Waals surface area contributed by atoms with Gasteiger partial charge in [0.05, 0.1) is 20.3 Å². The highest BCUT2D eigenvalue weighted by Gasteiger charge is 2.24. The van der Waals surface area contributed by atoms with E-state index in [0.29, 0.717) is 23.2 Å². The molecule has 0 heterocycles. The molecule has 4 nitrogen and oxygen atoms in total. The zero-order valence-corrected chi connectivity index (χ0v) is 11.6. The molecule has 1 unspecified atom stereocenters. The van der Waals surface area contributed by atoms with Crippen LogP contribution in [0, 0.1) is 5.92 Å². The second-order valence-corrected chi connectivity index (χ2v) is 4.91. The zero-order valence-electron chi connectivity index (χ0n) is 11.6. The van der Waals surface area contributed by atoms with Gasteiger partial charge in [-0.25, -0.2) is 0 Å². The molecule has 1 aromatic rings. The van der Waals surface area contributed by atoms with Gasteiger partial charge >= 0.3 is 0 Å². The Morgan fingerprint density at radius 1 is 1.16 bits per heavy atom. The van der Waals surface area contributed by atoms with E-state index in [1.807, 2.05) is 18.2 Å². The third-order valence-corrected chi connectivity index (χ3v) is 3.73. The summed E-state index contributed by atoms with van der Waals surface area (Å²) >= 11 is 0. The van der Waals surface area contributed by atoms with Crippen molar-refractivity contribution in [1.29, 1.82) is 0 Å². The van der Waals surface area contributed by atoms with Gasteiger partial charge in [-0.15, -0.1) is 0 Å². The highest BCUT2D eigenvalue weighted by Crippen LogP contribution is 2.37. The van der Waals surface area contributed by atoms with Crippen molar-refractivity contribution in [2.75, 3.05) is 20.8 Å². The molecule has 106 valence electrons. The van der Waals surface area contributed by atoms with Crippen LogP contribution in [0.3, 0.4) is 0 Å². The normalized spacial score (nSPS) is 17.2. The van der Waals surface area contributed by atoms with Crippen LogP contribution in [-0.4, -0.2) is 32.0 Å². The van der Waals surface area contributed by atoms with Gasteiger partial charge in [0.1, 0.15) is 6.61 Å². The van der Waals surface area contributed by atoms with Crippen molar-refractivity contribution in [2.45, 2.75) is 31.8 Å². The second kappa shape index (κ2) is 6.66. The molecule has 1 aromatic carbocycles. The van der Waals surface area contributed by atoms with E-state index in [9.17, 15) is 5.11 Å². The Kier molecular flexibility index (Phi) is 4.91. The van der Waals surface area contributed by atoms with Gasteiger partial charge in [0.2, 0.25) is 5.75 Å². The fourth-order valence-corrected chi connectivity index (χ4v) is 2.61. The molecular weight excluding hydrogens is 244 g/mol. The van der Waals surface area contributed by atoms with E-state index in [4.69, 9.17) is 14.2 Å². The van der Waals surface area contributed by atoms with Crippen LogP contribution in [0.2, 0.25) is 0 Å². The van der Waals surface area contributed by atoms with Crippen LogP contribution in [0.15, 0.2) is 18.2 Å². The van der Waals surface area contributed by atoms with E-state index in [-0.39, 0.29) is 6.61 Å². The number of hydrogen-bond acceptors (Lipinski definition) is 4. The molecule has 0 spiro atoms. The maximum Gasteiger partial charge on any atom is 0.203 e. The van der Waals surface area contributed by atoms with E-state index < -0.39 is 6.10 Å². The summed E-state index contributed by atoms with van der Waals surface area (Å²) in [5.74, 6) is 2.17. The first-order valence-corrected chi connectivity index (χ1v) is 6.78. The van der Waals surface area contributed by atoms with Crippen molar-refractivity contribution in [3.8, 4) is 17.2 Å². The molecule has 1 aliphatic carbocycles. The van der Waals surface area contributed by atoms with Gasteiger partial charge in [0, 0.05) is 0 Å². The molecule has 0 saturated heterocycles. The third kappa shape index (κ3) is 3.32. The summed E-state index contributed by atoms with van der Waals surface area (Å²) in [6.07, 6.45) is 4.18. The van der Waals surface area contributed by atoms with Crippen LogP contribution in [-0.2, 0) is 0 Å². The van der Waals surface area contributed by atoms with Gasteiger partial charge in [-0.3, -0.25) is 0 Å². The first-order valence-electron chi connectivity index (χ1n) is 6.78. The Labute approximate surface area is 114 Å². The number of methoxy groups -OCH3 is 2. The second-order valence-electron chi connectivity index (χ2n) is 4.91. The highest BCUT2D eigenvalue weighted by molar-refractivity contribution is 5.51. The molecule has 0 aromatic heterocycles. The van der Waals surface area contributed by atoms with Gasteiger partial charge < -0.3 is 19.3 Å². The van der Waals surface area contributed by atoms with Crippen LogP contribution in [0.4, 0.5) is 0 Å². The van der Waals surface area contributed by atoms with Gasteiger partial charge in [-0.2, -0.15) is 0 Å². The van der Waals surface area contributed by atoms with Crippen molar-refractivity contribution >= 4 is 0 Å². The Hall–Kier alpha value is -1.42. The maximum absolute atomic E-state index is 10.1. The molecule has 19 heavy (non-hydrogen) atoms. The predicted molar refractivity (Wildman–Crippen MR) is 73.0 cm³/mol. The number of benzene rings is 1. The Bertz CT molecular complexity index is 377. The summed E-state index contributed by atoms with van der Waals surface area (Å²) in [5, 5.41) is 10.1. The lowest BCUT2D eigenvalue weighted by Gasteiger charge is -2.20. The summed E-state index contributed by atoms with van der Waals surface area (Å²) in [7, 11) is 3.18. The minimum atomic E-state index is -0.419.